The zero-order chi connectivity index (χ0) is 20.5. The summed E-state index contributed by atoms with van der Waals surface area (Å²) >= 11 is 1.66. The van der Waals surface area contributed by atoms with Crippen LogP contribution in [0.4, 0.5) is 18.0 Å². The van der Waals surface area contributed by atoms with Crippen molar-refractivity contribution >= 4 is 17.4 Å². The van der Waals surface area contributed by atoms with E-state index in [1.54, 1.807) is 16.2 Å². The van der Waals surface area contributed by atoms with E-state index in [2.05, 4.69) is 10.3 Å². The Kier molecular flexibility index (Phi) is 5.72. The molecule has 1 aliphatic heterocycles. The van der Waals surface area contributed by atoms with Crippen molar-refractivity contribution in [1.82, 2.24) is 19.8 Å². The third-order valence-electron chi connectivity index (χ3n) is 5.17. The molecule has 154 valence electrons. The maximum Gasteiger partial charge on any atom is 0.424 e. The second-order valence-corrected chi connectivity index (χ2v) is 7.87. The van der Waals surface area contributed by atoms with Gasteiger partial charge in [-0.05, 0) is 29.9 Å². The predicted molar refractivity (Wildman–Crippen MR) is 98.9 cm³/mol. The van der Waals surface area contributed by atoms with E-state index >= 15 is 0 Å². The van der Waals surface area contributed by atoms with Crippen molar-refractivity contribution in [3.05, 3.63) is 40.1 Å². The van der Waals surface area contributed by atoms with Crippen LogP contribution < -0.4 is 5.32 Å². The average Bonchev–Trinajstić information content (AvgIpc) is 3.28. The molecule has 6 nitrogen and oxygen atoms in total. The van der Waals surface area contributed by atoms with Crippen molar-refractivity contribution in [2.75, 3.05) is 13.1 Å². The second kappa shape index (κ2) is 7.75. The number of alkyl halides is 3. The summed E-state index contributed by atoms with van der Waals surface area (Å²) in [5.74, 6) is -0.499. The number of aryl methyl sites for hydroxylation is 1. The van der Waals surface area contributed by atoms with Gasteiger partial charge in [-0.25, -0.2) is 9.78 Å². The Morgan fingerprint density at radius 3 is 2.82 bits per heavy atom. The fourth-order valence-electron chi connectivity index (χ4n) is 3.68. The van der Waals surface area contributed by atoms with Crippen molar-refractivity contribution in [2.45, 2.75) is 44.0 Å². The highest BCUT2D eigenvalue weighted by Crippen LogP contribution is 2.40. The van der Waals surface area contributed by atoms with Gasteiger partial charge in [-0.15, -0.1) is 11.3 Å². The van der Waals surface area contributed by atoms with Crippen molar-refractivity contribution in [3.8, 4) is 0 Å². The monoisotopic (exact) mass is 416 g/mol. The van der Waals surface area contributed by atoms with Gasteiger partial charge < -0.3 is 19.9 Å². The number of hydrogen-bond donors (Lipinski definition) is 2. The van der Waals surface area contributed by atoms with Gasteiger partial charge in [-0.1, -0.05) is 6.92 Å². The number of urea groups is 1. The lowest BCUT2D eigenvalue weighted by Crippen LogP contribution is -2.49. The molecule has 10 heteroatoms. The zero-order valence-corrected chi connectivity index (χ0v) is 16.5. The number of aliphatic hydroxyl groups is 1. The Labute approximate surface area is 165 Å². The SMILES string of the molecule is CC[C@@H]1c2ccsc2CCN1C(=O)NCC[C@@](O)(c1nccn1C)C(F)(F)F. The molecular formula is C18H23F3N4O2S. The van der Waals surface area contributed by atoms with E-state index < -0.39 is 30.1 Å². The summed E-state index contributed by atoms with van der Waals surface area (Å²) in [6, 6.07) is 1.48. The molecule has 2 atom stereocenters. The number of aromatic nitrogens is 2. The van der Waals surface area contributed by atoms with Gasteiger partial charge in [0.15, 0.2) is 0 Å². The third kappa shape index (κ3) is 3.62. The van der Waals surface area contributed by atoms with Gasteiger partial charge in [0.1, 0.15) is 5.82 Å². The average molecular weight is 416 g/mol. The number of hydrogen-bond acceptors (Lipinski definition) is 4. The summed E-state index contributed by atoms with van der Waals surface area (Å²) in [6.45, 7) is 2.16. The second-order valence-electron chi connectivity index (χ2n) is 6.87. The fourth-order valence-corrected chi connectivity index (χ4v) is 4.60. The number of imidazole rings is 1. The molecule has 2 aromatic rings. The minimum absolute atomic E-state index is 0.0916. The quantitative estimate of drug-likeness (QED) is 0.786. The summed E-state index contributed by atoms with van der Waals surface area (Å²) in [7, 11) is 1.38. The largest absolute Gasteiger partial charge is 0.424 e. The smallest absolute Gasteiger partial charge is 0.374 e. The Morgan fingerprint density at radius 2 is 2.21 bits per heavy atom. The van der Waals surface area contributed by atoms with E-state index in [1.807, 2.05) is 18.4 Å². The molecule has 2 N–H and O–H groups in total. The lowest BCUT2D eigenvalue weighted by Gasteiger charge is -2.36. The first-order valence-electron chi connectivity index (χ1n) is 9.06. The van der Waals surface area contributed by atoms with E-state index in [0.717, 1.165) is 23.0 Å². The Balaban J connectivity index is 1.68. The van der Waals surface area contributed by atoms with Gasteiger partial charge in [0.25, 0.3) is 0 Å². The molecule has 0 aliphatic carbocycles. The number of carbonyl (C=O) groups excluding carboxylic acids is 1. The number of carbonyl (C=O) groups is 1. The first kappa shape index (κ1) is 20.7. The number of amides is 2. The summed E-state index contributed by atoms with van der Waals surface area (Å²) in [5.41, 5.74) is -2.03. The number of halogens is 3. The Bertz CT molecular complexity index is 835. The van der Waals surface area contributed by atoms with E-state index in [1.165, 1.54) is 24.3 Å². The number of nitrogens with one attached hydrogen (secondary N) is 1. The van der Waals surface area contributed by atoms with Gasteiger partial charge in [0.05, 0.1) is 6.04 Å². The summed E-state index contributed by atoms with van der Waals surface area (Å²) < 4.78 is 41.8. The van der Waals surface area contributed by atoms with Crippen LogP contribution in [0, 0.1) is 0 Å². The minimum Gasteiger partial charge on any atom is -0.374 e. The van der Waals surface area contributed by atoms with Crippen LogP contribution in [0.1, 0.15) is 42.1 Å². The van der Waals surface area contributed by atoms with Crippen molar-refractivity contribution in [1.29, 1.82) is 0 Å². The predicted octanol–water partition coefficient (Wildman–Crippen LogP) is 3.34. The summed E-state index contributed by atoms with van der Waals surface area (Å²) in [6.07, 6.45) is -1.65. The maximum absolute atomic E-state index is 13.5. The first-order chi connectivity index (χ1) is 13.2. The van der Waals surface area contributed by atoms with Crippen LogP contribution in [0.5, 0.6) is 0 Å². The van der Waals surface area contributed by atoms with Crippen LogP contribution in [0.15, 0.2) is 23.8 Å². The minimum atomic E-state index is -4.92. The number of fused-ring (bicyclic) bond motifs is 1. The molecule has 2 aromatic heterocycles. The number of thiophene rings is 1. The third-order valence-corrected chi connectivity index (χ3v) is 6.16. The van der Waals surface area contributed by atoms with Crippen LogP contribution in [0.3, 0.4) is 0 Å². The van der Waals surface area contributed by atoms with Gasteiger partial charge >= 0.3 is 12.2 Å². The van der Waals surface area contributed by atoms with Crippen molar-refractivity contribution < 1.29 is 23.1 Å². The molecule has 0 saturated heterocycles. The molecule has 3 rings (SSSR count). The maximum atomic E-state index is 13.5. The highest BCUT2D eigenvalue weighted by molar-refractivity contribution is 7.10. The first-order valence-corrected chi connectivity index (χ1v) is 9.94. The van der Waals surface area contributed by atoms with Gasteiger partial charge in [0, 0.05) is 43.8 Å². The lowest BCUT2D eigenvalue weighted by molar-refractivity contribution is -0.272. The molecule has 2 amide bonds. The van der Waals surface area contributed by atoms with Gasteiger partial charge in [-0.3, -0.25) is 0 Å². The Morgan fingerprint density at radius 1 is 1.46 bits per heavy atom. The molecule has 0 aromatic carbocycles. The Hall–Kier alpha value is -2.07. The van der Waals surface area contributed by atoms with Crippen LogP contribution >= 0.6 is 11.3 Å². The molecule has 3 heterocycles. The van der Waals surface area contributed by atoms with Crippen LogP contribution in [0.2, 0.25) is 0 Å². The lowest BCUT2D eigenvalue weighted by atomic mass is 9.97. The van der Waals surface area contributed by atoms with E-state index in [4.69, 9.17) is 0 Å². The van der Waals surface area contributed by atoms with Crippen molar-refractivity contribution in [2.24, 2.45) is 7.05 Å². The molecule has 0 fully saturated rings. The molecule has 0 spiro atoms. The normalized spacial score (nSPS) is 19.2. The topological polar surface area (TPSA) is 70.4 Å². The van der Waals surface area contributed by atoms with Crippen LogP contribution in [-0.4, -0.2) is 44.9 Å². The van der Waals surface area contributed by atoms with E-state index in [9.17, 15) is 23.1 Å². The highest BCUT2D eigenvalue weighted by atomic mass is 32.1. The molecule has 0 radical (unpaired) electrons. The molecule has 1 aliphatic rings. The molecule has 0 unspecified atom stereocenters. The van der Waals surface area contributed by atoms with Crippen LogP contribution in [-0.2, 0) is 19.1 Å². The van der Waals surface area contributed by atoms with Crippen molar-refractivity contribution in [3.63, 3.8) is 0 Å². The van der Waals surface area contributed by atoms with Gasteiger partial charge in [0.2, 0.25) is 5.60 Å². The number of nitrogens with zero attached hydrogens (tertiary/aromatic N) is 3. The highest BCUT2D eigenvalue weighted by Gasteiger charge is 2.57. The van der Waals surface area contributed by atoms with E-state index in [0.29, 0.717) is 6.54 Å². The molecule has 28 heavy (non-hydrogen) atoms. The fraction of sp³-hybridized carbons (Fsp3) is 0.556. The molecule has 0 bridgehead atoms. The zero-order valence-electron chi connectivity index (χ0n) is 15.7. The van der Waals surface area contributed by atoms with E-state index in [-0.39, 0.29) is 12.6 Å². The van der Waals surface area contributed by atoms with Crippen LogP contribution in [0.25, 0.3) is 0 Å². The number of rotatable bonds is 5. The standard InChI is InChI=1S/C18H23F3N4O2S/c1-3-13-12-5-11-28-14(12)4-9-25(13)16(26)23-7-6-17(27,18(19,20)21)15-22-8-10-24(15)2/h5,8,10-11,13,27H,3-4,6-7,9H2,1-2H3,(H,23,26)/t13-,17-/m1/s1. The van der Waals surface area contributed by atoms with Gasteiger partial charge in [-0.2, -0.15) is 13.2 Å². The molecule has 0 saturated carbocycles. The summed E-state index contributed by atoms with van der Waals surface area (Å²) in [5, 5.41) is 14.9. The molecular weight excluding hydrogens is 393 g/mol. The summed E-state index contributed by atoms with van der Waals surface area (Å²) in [4.78, 5) is 19.2.